The first-order valence-electron chi connectivity index (χ1n) is 10.4. The minimum atomic E-state index is -3.15. The Bertz CT molecular complexity index is 1120. The number of sulfone groups is 1. The third kappa shape index (κ3) is 5.50. The van der Waals surface area contributed by atoms with E-state index in [4.69, 9.17) is 4.74 Å². The van der Waals surface area contributed by atoms with Crippen LogP contribution in [0.5, 0.6) is 5.75 Å². The first-order valence-corrected chi connectivity index (χ1v) is 12.2. The van der Waals surface area contributed by atoms with E-state index in [1.165, 1.54) is 5.01 Å². The molecule has 1 N–H and O–H groups in total. The Labute approximate surface area is 186 Å². The summed E-state index contributed by atoms with van der Waals surface area (Å²) in [5.41, 5.74) is 2.10. The highest BCUT2D eigenvalue weighted by molar-refractivity contribution is 7.91. The monoisotopic (exact) mass is 456 g/mol. The minimum absolute atomic E-state index is 0.0421. The Hall–Kier alpha value is -3.27. The number of rotatable bonds is 7. The molecule has 2 aliphatic heterocycles. The van der Waals surface area contributed by atoms with Crippen molar-refractivity contribution in [3.63, 3.8) is 0 Å². The van der Waals surface area contributed by atoms with Crippen LogP contribution in [0.3, 0.4) is 0 Å². The molecular formula is C22H24N4O5S. The van der Waals surface area contributed by atoms with Crippen molar-refractivity contribution in [3.05, 3.63) is 59.9 Å². The Morgan fingerprint density at radius 3 is 2.66 bits per heavy atom. The van der Waals surface area contributed by atoms with Crippen molar-refractivity contribution in [3.8, 4) is 5.75 Å². The fourth-order valence-corrected chi connectivity index (χ4v) is 5.32. The SMILES string of the molecule is O=C(NCc1ccc(OCc2cccnc2)cc1)C1=NN(C2CCS(=O)(=O)C2)C(=O)CC1. The zero-order valence-corrected chi connectivity index (χ0v) is 18.3. The van der Waals surface area contributed by atoms with Gasteiger partial charge in [0.1, 0.15) is 18.1 Å². The Morgan fingerprint density at radius 2 is 1.97 bits per heavy atom. The number of benzene rings is 1. The molecule has 10 heteroatoms. The van der Waals surface area contributed by atoms with Crippen LogP contribution in [0.15, 0.2) is 53.9 Å². The zero-order valence-electron chi connectivity index (χ0n) is 17.4. The van der Waals surface area contributed by atoms with E-state index in [1.807, 2.05) is 36.4 Å². The van der Waals surface area contributed by atoms with E-state index in [9.17, 15) is 18.0 Å². The zero-order chi connectivity index (χ0) is 22.6. The van der Waals surface area contributed by atoms with E-state index >= 15 is 0 Å². The molecule has 32 heavy (non-hydrogen) atoms. The van der Waals surface area contributed by atoms with Gasteiger partial charge in [0.2, 0.25) is 5.91 Å². The number of ether oxygens (including phenoxy) is 1. The summed E-state index contributed by atoms with van der Waals surface area (Å²) in [6.45, 7) is 0.716. The third-order valence-electron chi connectivity index (χ3n) is 5.38. The molecule has 1 aromatic heterocycles. The molecule has 0 bridgehead atoms. The second-order valence-electron chi connectivity index (χ2n) is 7.82. The van der Waals surface area contributed by atoms with E-state index in [0.29, 0.717) is 25.3 Å². The Kier molecular flexibility index (Phi) is 6.50. The predicted molar refractivity (Wildman–Crippen MR) is 117 cm³/mol. The number of hydrogen-bond donors (Lipinski definition) is 1. The first kappa shape index (κ1) is 21.9. The molecule has 1 aromatic carbocycles. The highest BCUT2D eigenvalue weighted by atomic mass is 32.2. The maximum absolute atomic E-state index is 12.6. The minimum Gasteiger partial charge on any atom is -0.489 e. The molecule has 0 spiro atoms. The maximum Gasteiger partial charge on any atom is 0.267 e. The average Bonchev–Trinajstić information content (AvgIpc) is 3.17. The average molecular weight is 457 g/mol. The molecule has 1 saturated heterocycles. The predicted octanol–water partition coefficient (Wildman–Crippen LogP) is 1.44. The summed E-state index contributed by atoms with van der Waals surface area (Å²) in [7, 11) is -3.15. The second-order valence-corrected chi connectivity index (χ2v) is 10.0. The number of carbonyl (C=O) groups is 2. The van der Waals surface area contributed by atoms with Crippen molar-refractivity contribution in [1.29, 1.82) is 0 Å². The van der Waals surface area contributed by atoms with E-state index in [-0.39, 0.29) is 41.9 Å². The highest BCUT2D eigenvalue weighted by Gasteiger charge is 2.37. The Morgan fingerprint density at radius 1 is 1.16 bits per heavy atom. The molecule has 0 aliphatic carbocycles. The van der Waals surface area contributed by atoms with Crippen LogP contribution >= 0.6 is 0 Å². The molecule has 0 radical (unpaired) electrons. The second kappa shape index (κ2) is 9.47. The summed E-state index contributed by atoms with van der Waals surface area (Å²) in [4.78, 5) is 28.8. The molecule has 2 amide bonds. The summed E-state index contributed by atoms with van der Waals surface area (Å²) in [5, 5.41) is 8.19. The van der Waals surface area contributed by atoms with Crippen molar-refractivity contribution in [1.82, 2.24) is 15.3 Å². The largest absolute Gasteiger partial charge is 0.489 e. The van der Waals surface area contributed by atoms with Crippen LogP contribution in [0, 0.1) is 0 Å². The number of pyridine rings is 1. The normalized spacial score (nSPS) is 20.0. The molecule has 3 heterocycles. The van der Waals surface area contributed by atoms with Gasteiger partial charge in [-0.25, -0.2) is 13.4 Å². The highest BCUT2D eigenvalue weighted by Crippen LogP contribution is 2.22. The van der Waals surface area contributed by atoms with Gasteiger partial charge in [-0.15, -0.1) is 0 Å². The van der Waals surface area contributed by atoms with Gasteiger partial charge in [0.15, 0.2) is 9.84 Å². The smallest absolute Gasteiger partial charge is 0.267 e. The third-order valence-corrected chi connectivity index (χ3v) is 7.13. The fourth-order valence-electron chi connectivity index (χ4n) is 3.63. The van der Waals surface area contributed by atoms with Gasteiger partial charge in [-0.05, 0) is 30.2 Å². The molecule has 2 aromatic rings. The van der Waals surface area contributed by atoms with E-state index in [0.717, 1.165) is 11.1 Å². The van der Waals surface area contributed by atoms with E-state index < -0.39 is 15.9 Å². The number of hydrogen-bond acceptors (Lipinski definition) is 7. The number of nitrogens with zero attached hydrogens (tertiary/aromatic N) is 3. The van der Waals surface area contributed by atoms with Gasteiger partial charge in [0, 0.05) is 37.3 Å². The van der Waals surface area contributed by atoms with Crippen LogP contribution in [0.2, 0.25) is 0 Å². The van der Waals surface area contributed by atoms with Crippen molar-refractivity contribution in [2.24, 2.45) is 5.10 Å². The van der Waals surface area contributed by atoms with E-state index in [2.05, 4.69) is 15.4 Å². The lowest BCUT2D eigenvalue weighted by molar-refractivity contribution is -0.133. The van der Waals surface area contributed by atoms with Crippen LogP contribution in [0.4, 0.5) is 0 Å². The number of hydrazone groups is 1. The number of nitrogens with one attached hydrogen (secondary N) is 1. The van der Waals surface area contributed by atoms with Gasteiger partial charge < -0.3 is 10.1 Å². The molecular weight excluding hydrogens is 432 g/mol. The number of amides is 2. The van der Waals surface area contributed by atoms with Crippen molar-refractivity contribution >= 4 is 27.4 Å². The van der Waals surface area contributed by atoms with Crippen LogP contribution in [0.1, 0.15) is 30.4 Å². The molecule has 4 rings (SSSR count). The molecule has 0 saturated carbocycles. The Balaban J connectivity index is 1.31. The summed E-state index contributed by atoms with van der Waals surface area (Å²) >= 11 is 0. The number of aromatic nitrogens is 1. The van der Waals surface area contributed by atoms with Crippen molar-refractivity contribution in [2.45, 2.75) is 38.5 Å². The van der Waals surface area contributed by atoms with Crippen LogP contribution in [0.25, 0.3) is 0 Å². The molecule has 168 valence electrons. The molecule has 1 atom stereocenters. The standard InChI is InChI=1S/C22H24N4O5S/c27-21-8-7-20(25-26(21)18-9-11-32(29,30)15-18)22(28)24-13-16-3-5-19(6-4-16)31-14-17-2-1-10-23-12-17/h1-6,10,12,18H,7-9,11,13-15H2,(H,24,28). The lowest BCUT2D eigenvalue weighted by atomic mass is 10.1. The van der Waals surface area contributed by atoms with Gasteiger partial charge in [-0.1, -0.05) is 18.2 Å². The molecule has 1 fully saturated rings. The summed E-state index contributed by atoms with van der Waals surface area (Å²) in [5.74, 6) is 0.0410. The maximum atomic E-state index is 12.6. The van der Waals surface area contributed by atoms with Crippen LogP contribution < -0.4 is 10.1 Å². The van der Waals surface area contributed by atoms with Crippen LogP contribution in [-0.2, 0) is 32.6 Å². The van der Waals surface area contributed by atoms with Crippen molar-refractivity contribution in [2.75, 3.05) is 11.5 Å². The summed E-state index contributed by atoms with van der Waals surface area (Å²) < 4.78 is 29.2. The lowest BCUT2D eigenvalue weighted by Gasteiger charge is -2.27. The van der Waals surface area contributed by atoms with Gasteiger partial charge >= 0.3 is 0 Å². The van der Waals surface area contributed by atoms with Crippen LogP contribution in [-0.4, -0.2) is 53.5 Å². The summed E-state index contributed by atoms with van der Waals surface area (Å²) in [6.07, 6.45) is 4.19. The van der Waals surface area contributed by atoms with Gasteiger partial charge in [-0.3, -0.25) is 14.6 Å². The number of carbonyl (C=O) groups excluding carboxylic acids is 2. The quantitative estimate of drug-likeness (QED) is 0.674. The van der Waals surface area contributed by atoms with Gasteiger partial charge in [-0.2, -0.15) is 5.10 Å². The first-order chi connectivity index (χ1) is 15.4. The lowest BCUT2D eigenvalue weighted by Crippen LogP contribution is -2.43. The van der Waals surface area contributed by atoms with Crippen molar-refractivity contribution < 1.29 is 22.7 Å². The molecule has 9 nitrogen and oxygen atoms in total. The summed E-state index contributed by atoms with van der Waals surface area (Å²) in [6, 6.07) is 10.7. The van der Waals surface area contributed by atoms with Gasteiger partial charge in [0.05, 0.1) is 17.5 Å². The fraction of sp³-hybridized carbons (Fsp3) is 0.364. The van der Waals surface area contributed by atoms with Gasteiger partial charge in [0.25, 0.3) is 5.91 Å². The topological polar surface area (TPSA) is 118 Å². The molecule has 1 unspecified atom stereocenters. The molecule has 2 aliphatic rings. The van der Waals surface area contributed by atoms with E-state index in [1.54, 1.807) is 12.4 Å².